The number of ketones is 1. The highest BCUT2D eigenvalue weighted by Crippen LogP contribution is 3.06. The maximum atomic E-state index is 13.8. The molecule has 6 saturated carbocycles. The van der Waals surface area contributed by atoms with E-state index in [-0.39, 0.29) is 28.3 Å². The first kappa shape index (κ1) is 22.6. The molecular formula is C33H44O3. The number of esters is 1. The lowest BCUT2D eigenvalue weighted by Gasteiger charge is -2.59. The molecular weight excluding hydrogens is 444 g/mol. The van der Waals surface area contributed by atoms with Crippen molar-refractivity contribution in [3.8, 4) is 0 Å². The van der Waals surface area contributed by atoms with Gasteiger partial charge in [0, 0.05) is 17.4 Å². The first-order valence-electron chi connectivity index (χ1n) is 15.2. The summed E-state index contributed by atoms with van der Waals surface area (Å²) in [5.74, 6) is 6.97. The van der Waals surface area contributed by atoms with E-state index < -0.39 is 0 Å². The first-order chi connectivity index (χ1) is 17.1. The lowest BCUT2D eigenvalue weighted by molar-refractivity contribution is -0.155. The van der Waals surface area contributed by atoms with Gasteiger partial charge in [0.05, 0.1) is 0 Å². The van der Waals surface area contributed by atoms with Gasteiger partial charge in [0.15, 0.2) is 5.78 Å². The molecule has 6 fully saturated rings. The molecule has 194 valence electrons. The minimum Gasteiger partial charge on any atom is -0.458 e. The Morgan fingerprint density at radius 1 is 1.11 bits per heavy atom. The van der Waals surface area contributed by atoms with Crippen molar-refractivity contribution in [2.24, 2.45) is 80.8 Å². The zero-order valence-corrected chi connectivity index (χ0v) is 23.3. The van der Waals surface area contributed by atoms with Crippen LogP contribution in [-0.2, 0) is 14.3 Å². The highest BCUT2D eigenvalue weighted by atomic mass is 16.5. The van der Waals surface area contributed by atoms with Gasteiger partial charge in [-0.1, -0.05) is 53.2 Å². The molecule has 0 aromatic heterocycles. The Labute approximate surface area is 216 Å². The Morgan fingerprint density at radius 2 is 1.86 bits per heavy atom. The van der Waals surface area contributed by atoms with Crippen LogP contribution >= 0.6 is 0 Å². The van der Waals surface area contributed by atoms with E-state index in [2.05, 4.69) is 54.5 Å². The SMILES string of the molecule is CCC1=C(C)CC(C(C)C2CC(C)C3C4CC5C6C7C=CC(=O)C8(C(C)C48CC(C)C23C)C756)OC1=O. The van der Waals surface area contributed by atoms with Crippen molar-refractivity contribution in [1.29, 1.82) is 0 Å². The van der Waals surface area contributed by atoms with E-state index in [0.29, 0.717) is 52.6 Å². The first-order valence-corrected chi connectivity index (χ1v) is 15.2. The number of allylic oxidation sites excluding steroid dienone is 2. The van der Waals surface area contributed by atoms with Gasteiger partial charge in [0.25, 0.3) is 0 Å². The third kappa shape index (κ3) is 1.91. The summed E-state index contributed by atoms with van der Waals surface area (Å²) < 4.78 is 6.14. The number of cyclic esters (lactones) is 1. The van der Waals surface area contributed by atoms with E-state index in [9.17, 15) is 9.59 Å². The third-order valence-electron chi connectivity index (χ3n) is 15.1. The van der Waals surface area contributed by atoms with Crippen LogP contribution in [-0.4, -0.2) is 17.9 Å². The Hall–Kier alpha value is -1.38. The minimum absolute atomic E-state index is 0.00590. The van der Waals surface area contributed by atoms with Crippen LogP contribution in [0.25, 0.3) is 0 Å². The summed E-state index contributed by atoms with van der Waals surface area (Å²) >= 11 is 0. The van der Waals surface area contributed by atoms with Gasteiger partial charge in [0.2, 0.25) is 0 Å². The van der Waals surface area contributed by atoms with Crippen LogP contribution in [0.15, 0.2) is 23.3 Å². The molecule has 1 heterocycles. The highest BCUT2D eigenvalue weighted by molar-refractivity contribution is 6.03. The summed E-state index contributed by atoms with van der Waals surface area (Å²) in [5.41, 5.74) is 3.00. The van der Waals surface area contributed by atoms with E-state index in [0.717, 1.165) is 36.2 Å². The van der Waals surface area contributed by atoms with Crippen molar-refractivity contribution in [3.63, 3.8) is 0 Å². The fraction of sp³-hybridized carbons (Fsp3) is 0.818. The maximum absolute atomic E-state index is 13.8. The fourth-order valence-corrected chi connectivity index (χ4v) is 13.9. The summed E-state index contributed by atoms with van der Waals surface area (Å²) in [6.07, 6.45) is 9.85. The Bertz CT molecular complexity index is 1180. The van der Waals surface area contributed by atoms with Crippen LogP contribution in [0, 0.1) is 80.8 Å². The maximum Gasteiger partial charge on any atom is 0.334 e. The molecule has 3 heteroatoms. The third-order valence-corrected chi connectivity index (χ3v) is 15.1. The van der Waals surface area contributed by atoms with Crippen LogP contribution in [0.2, 0.25) is 0 Å². The second-order valence-electron chi connectivity index (χ2n) is 15.2. The van der Waals surface area contributed by atoms with Crippen molar-refractivity contribution >= 4 is 11.8 Å². The van der Waals surface area contributed by atoms with Crippen LogP contribution < -0.4 is 0 Å². The average Bonchev–Trinajstić information content (AvgIpc) is 3.74. The van der Waals surface area contributed by atoms with Gasteiger partial charge >= 0.3 is 5.97 Å². The van der Waals surface area contributed by atoms with Gasteiger partial charge in [0.1, 0.15) is 6.10 Å². The molecule has 0 aromatic rings. The molecule has 36 heavy (non-hydrogen) atoms. The Balaban J connectivity index is 1.16. The molecule has 3 nitrogen and oxygen atoms in total. The molecule has 0 saturated heterocycles. The Kier molecular flexibility index (Phi) is 3.93. The van der Waals surface area contributed by atoms with Gasteiger partial charge in [-0.25, -0.2) is 4.79 Å². The molecule has 15 unspecified atom stereocenters. The molecule has 0 radical (unpaired) electrons. The average molecular weight is 489 g/mol. The number of rotatable bonds is 3. The van der Waals surface area contributed by atoms with Crippen molar-refractivity contribution in [2.45, 2.75) is 86.7 Å². The predicted octanol–water partition coefficient (Wildman–Crippen LogP) is 6.63. The van der Waals surface area contributed by atoms with Gasteiger partial charge in [-0.2, -0.15) is 0 Å². The van der Waals surface area contributed by atoms with Gasteiger partial charge in [-0.3, -0.25) is 4.79 Å². The van der Waals surface area contributed by atoms with E-state index in [1.54, 1.807) is 0 Å². The van der Waals surface area contributed by atoms with Crippen molar-refractivity contribution in [3.05, 3.63) is 23.3 Å². The molecule has 15 atom stereocenters. The molecule has 0 bridgehead atoms. The Morgan fingerprint density at radius 3 is 2.56 bits per heavy atom. The molecule has 3 spiro atoms. The number of carbonyl (C=O) groups is 2. The smallest absolute Gasteiger partial charge is 0.334 e. The summed E-state index contributed by atoms with van der Waals surface area (Å²) in [7, 11) is 0. The van der Waals surface area contributed by atoms with Gasteiger partial charge in [-0.05, 0) is 114 Å². The molecule has 0 aromatic carbocycles. The number of carbonyl (C=O) groups excluding carboxylic acids is 2. The second-order valence-corrected chi connectivity index (χ2v) is 15.2. The minimum atomic E-state index is -0.0702. The number of ether oxygens (including phenoxy) is 1. The molecule has 0 N–H and O–H groups in total. The normalized spacial score (nSPS) is 61.9. The van der Waals surface area contributed by atoms with Crippen LogP contribution in [0.4, 0.5) is 0 Å². The number of hydrogen-bond donors (Lipinski definition) is 0. The standard InChI is InChI=1S/C33H44O3/c1-8-20-15(2)12-25(36-29(20)35)18(5)22-11-16(3)27-23-13-24-28-21-9-10-26(34)33(32(21,24)28)19(6)31(23,33)14-17(4)30(22,27)7/h9-10,16-19,21-25,27-28H,8,11-14H2,1-7H3. The van der Waals surface area contributed by atoms with Crippen molar-refractivity contribution < 1.29 is 14.3 Å². The summed E-state index contributed by atoms with van der Waals surface area (Å²) in [6.45, 7) is 16.7. The van der Waals surface area contributed by atoms with E-state index in [4.69, 9.17) is 4.74 Å². The summed E-state index contributed by atoms with van der Waals surface area (Å²) in [6, 6.07) is 0. The summed E-state index contributed by atoms with van der Waals surface area (Å²) in [5, 5.41) is 0. The van der Waals surface area contributed by atoms with E-state index >= 15 is 0 Å². The zero-order chi connectivity index (χ0) is 25.3. The monoisotopic (exact) mass is 488 g/mol. The predicted molar refractivity (Wildman–Crippen MR) is 138 cm³/mol. The van der Waals surface area contributed by atoms with Crippen LogP contribution in [0.3, 0.4) is 0 Å². The lowest BCUT2D eigenvalue weighted by Crippen LogP contribution is -2.55. The summed E-state index contributed by atoms with van der Waals surface area (Å²) in [4.78, 5) is 26.6. The molecule has 8 aliphatic rings. The van der Waals surface area contributed by atoms with E-state index in [1.807, 2.05) is 6.08 Å². The number of fused-ring (bicyclic) bond motifs is 4. The second kappa shape index (κ2) is 6.26. The number of hydrogen-bond acceptors (Lipinski definition) is 3. The van der Waals surface area contributed by atoms with Crippen LogP contribution in [0.5, 0.6) is 0 Å². The van der Waals surface area contributed by atoms with E-state index in [1.165, 1.54) is 24.8 Å². The molecule has 1 aliphatic heterocycles. The zero-order valence-electron chi connectivity index (χ0n) is 23.3. The quantitative estimate of drug-likeness (QED) is 0.419. The fourth-order valence-electron chi connectivity index (χ4n) is 13.9. The van der Waals surface area contributed by atoms with Gasteiger partial charge in [-0.15, -0.1) is 0 Å². The van der Waals surface area contributed by atoms with Crippen molar-refractivity contribution in [2.75, 3.05) is 0 Å². The largest absolute Gasteiger partial charge is 0.458 e. The topological polar surface area (TPSA) is 43.4 Å². The molecule has 8 rings (SSSR count). The van der Waals surface area contributed by atoms with Crippen LogP contribution in [0.1, 0.15) is 80.6 Å². The lowest BCUT2D eigenvalue weighted by atomic mass is 9.45. The molecule has 7 aliphatic carbocycles. The molecule has 0 amide bonds. The highest BCUT2D eigenvalue weighted by Gasteiger charge is 3.05. The van der Waals surface area contributed by atoms with Crippen molar-refractivity contribution in [1.82, 2.24) is 0 Å². The van der Waals surface area contributed by atoms with Gasteiger partial charge < -0.3 is 4.74 Å².